The van der Waals surface area contributed by atoms with Crippen molar-refractivity contribution in [1.29, 1.82) is 0 Å². The van der Waals surface area contributed by atoms with Crippen molar-refractivity contribution in [2.24, 2.45) is 5.41 Å². The molecule has 1 aliphatic rings. The van der Waals surface area contributed by atoms with E-state index in [9.17, 15) is 9.90 Å². The molecule has 76 valence electrons. The van der Waals surface area contributed by atoms with E-state index in [1.807, 2.05) is 6.92 Å². The summed E-state index contributed by atoms with van der Waals surface area (Å²) in [5.74, 6) is 0.260. The van der Waals surface area contributed by atoms with E-state index in [1.165, 1.54) is 6.42 Å². The molecule has 0 unspecified atom stereocenters. The molecule has 2 nitrogen and oxygen atoms in total. The number of ketones is 1. The van der Waals surface area contributed by atoms with E-state index in [0.29, 0.717) is 12.8 Å². The van der Waals surface area contributed by atoms with Crippen molar-refractivity contribution in [1.82, 2.24) is 0 Å². The van der Waals surface area contributed by atoms with Gasteiger partial charge in [0, 0.05) is 6.42 Å². The Bertz CT molecular complexity index is 189. The number of aliphatic hydroxyl groups excluding tert-OH is 1. The minimum Gasteiger partial charge on any atom is -0.392 e. The summed E-state index contributed by atoms with van der Waals surface area (Å²) >= 11 is 0. The molecule has 2 heteroatoms. The van der Waals surface area contributed by atoms with Crippen LogP contribution in [-0.2, 0) is 4.79 Å². The number of unbranched alkanes of at least 4 members (excludes halogenated alkanes) is 2. The third-order valence-electron chi connectivity index (χ3n) is 3.32. The minimum atomic E-state index is -0.421. The zero-order chi connectivity index (χ0) is 9.90. The van der Waals surface area contributed by atoms with Crippen LogP contribution >= 0.6 is 0 Å². The lowest BCUT2D eigenvalue weighted by Crippen LogP contribution is -2.32. The largest absolute Gasteiger partial charge is 0.392 e. The fourth-order valence-corrected chi connectivity index (χ4v) is 2.11. The molecule has 0 heterocycles. The maximum atomic E-state index is 11.5. The Hall–Kier alpha value is -0.370. The molecule has 0 aromatic rings. The second-order valence-electron chi connectivity index (χ2n) is 4.35. The van der Waals surface area contributed by atoms with Gasteiger partial charge >= 0.3 is 0 Å². The lowest BCUT2D eigenvalue weighted by molar-refractivity contribution is -0.128. The highest BCUT2D eigenvalue weighted by Crippen LogP contribution is 2.39. The molecule has 1 saturated carbocycles. The third-order valence-corrected chi connectivity index (χ3v) is 3.32. The topological polar surface area (TPSA) is 37.3 Å². The zero-order valence-corrected chi connectivity index (χ0v) is 8.68. The minimum absolute atomic E-state index is 0.260. The van der Waals surface area contributed by atoms with Gasteiger partial charge in [-0.3, -0.25) is 4.79 Å². The van der Waals surface area contributed by atoms with Gasteiger partial charge in [0.2, 0.25) is 0 Å². The van der Waals surface area contributed by atoms with Crippen LogP contribution in [0.1, 0.15) is 52.4 Å². The summed E-state index contributed by atoms with van der Waals surface area (Å²) in [7, 11) is 0. The smallest absolute Gasteiger partial charge is 0.141 e. The molecule has 0 saturated heterocycles. The van der Waals surface area contributed by atoms with Crippen LogP contribution in [0.5, 0.6) is 0 Å². The highest BCUT2D eigenvalue weighted by molar-refractivity contribution is 5.87. The van der Waals surface area contributed by atoms with Gasteiger partial charge in [0.25, 0.3) is 0 Å². The first-order valence-electron chi connectivity index (χ1n) is 5.32. The molecule has 1 fully saturated rings. The normalized spacial score (nSPS) is 34.1. The first kappa shape index (κ1) is 10.7. The first-order chi connectivity index (χ1) is 6.11. The quantitative estimate of drug-likeness (QED) is 0.681. The Labute approximate surface area is 80.3 Å². The summed E-state index contributed by atoms with van der Waals surface area (Å²) in [6.45, 7) is 4.07. The molecule has 0 spiro atoms. The Morgan fingerprint density at radius 2 is 2.23 bits per heavy atom. The maximum absolute atomic E-state index is 11.5. The van der Waals surface area contributed by atoms with Crippen molar-refractivity contribution in [3.05, 3.63) is 0 Å². The van der Waals surface area contributed by atoms with Crippen molar-refractivity contribution in [2.45, 2.75) is 58.5 Å². The van der Waals surface area contributed by atoms with E-state index in [-0.39, 0.29) is 5.78 Å². The summed E-state index contributed by atoms with van der Waals surface area (Å²) in [6.07, 6.45) is 5.11. The van der Waals surface area contributed by atoms with Gasteiger partial charge in [0.15, 0.2) is 0 Å². The highest BCUT2D eigenvalue weighted by Gasteiger charge is 2.44. The number of carbonyl (C=O) groups is 1. The molecule has 2 atom stereocenters. The average molecular weight is 184 g/mol. The van der Waals surface area contributed by atoms with Crippen molar-refractivity contribution >= 4 is 5.78 Å². The summed E-state index contributed by atoms with van der Waals surface area (Å²) in [5.41, 5.74) is -0.421. The third kappa shape index (κ3) is 2.11. The van der Waals surface area contributed by atoms with Crippen LogP contribution in [0.25, 0.3) is 0 Å². The number of rotatable bonds is 4. The number of hydrogen-bond donors (Lipinski definition) is 1. The predicted octanol–water partition coefficient (Wildman–Crippen LogP) is 2.30. The van der Waals surface area contributed by atoms with Gasteiger partial charge in [0.05, 0.1) is 11.5 Å². The van der Waals surface area contributed by atoms with Gasteiger partial charge in [-0.1, -0.05) is 33.1 Å². The van der Waals surface area contributed by atoms with Crippen LogP contribution < -0.4 is 0 Å². The molecule has 1 rings (SSSR count). The van der Waals surface area contributed by atoms with Crippen LogP contribution in [0.4, 0.5) is 0 Å². The number of Topliss-reactive ketones (excluding diaryl/α,β-unsaturated/α-hetero) is 1. The van der Waals surface area contributed by atoms with Crippen molar-refractivity contribution in [2.75, 3.05) is 0 Å². The van der Waals surface area contributed by atoms with E-state index in [0.717, 1.165) is 19.3 Å². The zero-order valence-electron chi connectivity index (χ0n) is 8.68. The molecular weight excluding hydrogens is 164 g/mol. The lowest BCUT2D eigenvalue weighted by atomic mass is 9.80. The van der Waals surface area contributed by atoms with Gasteiger partial charge in [0.1, 0.15) is 5.78 Å². The molecular formula is C11H20O2. The summed E-state index contributed by atoms with van der Waals surface area (Å²) in [4.78, 5) is 11.5. The first-order valence-corrected chi connectivity index (χ1v) is 5.32. The van der Waals surface area contributed by atoms with Crippen LogP contribution in [0.2, 0.25) is 0 Å². The molecule has 0 aromatic carbocycles. The second kappa shape index (κ2) is 4.23. The second-order valence-corrected chi connectivity index (χ2v) is 4.35. The fraction of sp³-hybridized carbons (Fsp3) is 0.909. The molecule has 0 radical (unpaired) electrons. The fourth-order valence-electron chi connectivity index (χ4n) is 2.11. The molecule has 0 bridgehead atoms. The van der Waals surface area contributed by atoms with E-state index in [1.54, 1.807) is 0 Å². The van der Waals surface area contributed by atoms with Crippen molar-refractivity contribution < 1.29 is 9.90 Å². The molecule has 13 heavy (non-hydrogen) atoms. The van der Waals surface area contributed by atoms with Gasteiger partial charge in [-0.05, 0) is 12.8 Å². The SMILES string of the molecule is CCCCC[C@@]1(C)C(=O)CC[C@H]1O. The summed E-state index contributed by atoms with van der Waals surface area (Å²) in [6, 6.07) is 0. The van der Waals surface area contributed by atoms with Gasteiger partial charge < -0.3 is 5.11 Å². The number of aliphatic hydroxyl groups is 1. The van der Waals surface area contributed by atoms with Crippen LogP contribution in [0.15, 0.2) is 0 Å². The summed E-state index contributed by atoms with van der Waals surface area (Å²) < 4.78 is 0. The number of carbonyl (C=O) groups excluding carboxylic acids is 1. The van der Waals surface area contributed by atoms with E-state index < -0.39 is 11.5 Å². The number of hydrogen-bond acceptors (Lipinski definition) is 2. The predicted molar refractivity (Wildman–Crippen MR) is 52.5 cm³/mol. The van der Waals surface area contributed by atoms with Gasteiger partial charge in [-0.2, -0.15) is 0 Å². The molecule has 0 aliphatic heterocycles. The van der Waals surface area contributed by atoms with Gasteiger partial charge in [-0.25, -0.2) is 0 Å². The Kier molecular flexibility index (Phi) is 3.48. The standard InChI is InChI=1S/C11H20O2/c1-3-4-5-8-11(2)9(12)6-7-10(11)13/h9,12H,3-8H2,1-2H3/t9-,11-/m1/s1. The monoisotopic (exact) mass is 184 g/mol. The van der Waals surface area contributed by atoms with Crippen molar-refractivity contribution in [3.63, 3.8) is 0 Å². The molecule has 1 N–H and O–H groups in total. The highest BCUT2D eigenvalue weighted by atomic mass is 16.3. The molecule has 1 aliphatic carbocycles. The Morgan fingerprint density at radius 1 is 1.54 bits per heavy atom. The average Bonchev–Trinajstić information content (AvgIpc) is 2.35. The van der Waals surface area contributed by atoms with E-state index in [2.05, 4.69) is 6.92 Å². The Morgan fingerprint density at radius 3 is 2.69 bits per heavy atom. The Balaban J connectivity index is 2.47. The van der Waals surface area contributed by atoms with Crippen LogP contribution in [0, 0.1) is 5.41 Å². The molecule has 0 aromatic heterocycles. The van der Waals surface area contributed by atoms with Crippen molar-refractivity contribution in [3.8, 4) is 0 Å². The maximum Gasteiger partial charge on any atom is 0.141 e. The van der Waals surface area contributed by atoms with Crippen LogP contribution in [0.3, 0.4) is 0 Å². The summed E-state index contributed by atoms with van der Waals surface area (Å²) in [5, 5.41) is 9.70. The van der Waals surface area contributed by atoms with E-state index >= 15 is 0 Å². The van der Waals surface area contributed by atoms with Gasteiger partial charge in [-0.15, -0.1) is 0 Å². The van der Waals surface area contributed by atoms with E-state index in [4.69, 9.17) is 0 Å². The lowest BCUT2D eigenvalue weighted by Gasteiger charge is -2.26. The van der Waals surface area contributed by atoms with Crippen LogP contribution in [-0.4, -0.2) is 17.0 Å². The molecule has 0 amide bonds.